The smallest absolute Gasteiger partial charge is 0.186 e. The Morgan fingerprint density at radius 1 is 1.31 bits per heavy atom. The van der Waals surface area contributed by atoms with Gasteiger partial charge in [0.2, 0.25) is 0 Å². The molecule has 0 spiro atoms. The molecule has 0 saturated heterocycles. The monoisotopic (exact) mass is 253 g/mol. The third-order valence-corrected chi connectivity index (χ3v) is 3.28. The van der Waals surface area contributed by atoms with E-state index in [0.29, 0.717) is 16.9 Å². The van der Waals surface area contributed by atoms with Gasteiger partial charge in [-0.05, 0) is 11.5 Å². The quantitative estimate of drug-likeness (QED) is 0.908. The Kier molecular flexibility index (Phi) is 3.74. The molecule has 0 bridgehead atoms. The molecule has 0 amide bonds. The van der Waals surface area contributed by atoms with Crippen LogP contribution in [0.5, 0.6) is 0 Å². The van der Waals surface area contributed by atoms with Crippen molar-refractivity contribution in [1.29, 1.82) is 0 Å². The number of halogens is 1. The summed E-state index contributed by atoms with van der Waals surface area (Å²) in [5.41, 5.74) is 1.30. The lowest BCUT2D eigenvalue weighted by Gasteiger charge is -2.12. The Hall–Kier alpha value is -1.13. The largest absolute Gasteiger partial charge is 0.366 e. The first-order valence-electron chi connectivity index (χ1n) is 5.04. The van der Waals surface area contributed by atoms with Crippen LogP contribution < -0.4 is 5.32 Å². The summed E-state index contributed by atoms with van der Waals surface area (Å²) in [6.45, 7) is 2.96. The summed E-state index contributed by atoms with van der Waals surface area (Å²) in [5.74, 6) is 1.09. The van der Waals surface area contributed by atoms with Gasteiger partial charge in [-0.25, -0.2) is 0 Å². The summed E-state index contributed by atoms with van der Waals surface area (Å²) in [6, 6.07) is 10.3. The van der Waals surface area contributed by atoms with Crippen LogP contribution in [0.15, 0.2) is 30.3 Å². The van der Waals surface area contributed by atoms with Crippen LogP contribution in [0.3, 0.4) is 0 Å². The molecular formula is C11H12ClN3S. The second-order valence-electron chi connectivity index (χ2n) is 3.60. The minimum atomic E-state index is 0.416. The highest BCUT2D eigenvalue weighted by molar-refractivity contribution is 6.99. The first kappa shape index (κ1) is 11.4. The fourth-order valence-corrected chi connectivity index (χ4v) is 2.12. The summed E-state index contributed by atoms with van der Waals surface area (Å²) in [7, 11) is 0. The van der Waals surface area contributed by atoms with Crippen molar-refractivity contribution in [2.45, 2.75) is 12.8 Å². The van der Waals surface area contributed by atoms with Gasteiger partial charge in [0.25, 0.3) is 0 Å². The van der Waals surface area contributed by atoms with E-state index in [1.54, 1.807) is 0 Å². The summed E-state index contributed by atoms with van der Waals surface area (Å²) in [4.78, 5) is 0. The molecule has 2 rings (SSSR count). The molecule has 2 aromatic rings. The average Bonchev–Trinajstić information content (AvgIpc) is 2.73. The minimum absolute atomic E-state index is 0.416. The third-order valence-electron chi connectivity index (χ3n) is 2.39. The van der Waals surface area contributed by atoms with Crippen molar-refractivity contribution >= 4 is 29.1 Å². The normalized spacial score (nSPS) is 12.4. The molecule has 0 aliphatic rings. The first-order valence-corrected chi connectivity index (χ1v) is 6.15. The zero-order valence-electron chi connectivity index (χ0n) is 8.85. The molecule has 3 nitrogen and oxygen atoms in total. The van der Waals surface area contributed by atoms with Gasteiger partial charge in [-0.1, -0.05) is 48.9 Å². The van der Waals surface area contributed by atoms with E-state index in [0.717, 1.165) is 18.3 Å². The Bertz CT molecular complexity index is 444. The van der Waals surface area contributed by atoms with Crippen LogP contribution in [0.2, 0.25) is 5.15 Å². The van der Waals surface area contributed by atoms with Gasteiger partial charge in [0, 0.05) is 6.54 Å². The lowest BCUT2D eigenvalue weighted by atomic mass is 10.0. The van der Waals surface area contributed by atoms with Crippen molar-refractivity contribution in [1.82, 2.24) is 8.75 Å². The maximum absolute atomic E-state index is 5.84. The van der Waals surface area contributed by atoms with Gasteiger partial charge in [-0.15, -0.1) is 0 Å². The molecule has 0 aliphatic heterocycles. The second-order valence-corrected chi connectivity index (χ2v) is 4.48. The van der Waals surface area contributed by atoms with Crippen LogP contribution >= 0.6 is 23.3 Å². The summed E-state index contributed by atoms with van der Waals surface area (Å²) in [5, 5.41) is 3.65. The second kappa shape index (κ2) is 5.27. The molecule has 5 heteroatoms. The molecule has 1 aromatic carbocycles. The van der Waals surface area contributed by atoms with E-state index in [4.69, 9.17) is 11.6 Å². The van der Waals surface area contributed by atoms with Crippen LogP contribution in [-0.4, -0.2) is 15.3 Å². The number of anilines is 1. The fourth-order valence-electron chi connectivity index (χ4n) is 1.43. The summed E-state index contributed by atoms with van der Waals surface area (Å²) >= 11 is 6.96. The summed E-state index contributed by atoms with van der Waals surface area (Å²) in [6.07, 6.45) is 0. The van der Waals surface area contributed by atoms with E-state index >= 15 is 0 Å². The highest BCUT2D eigenvalue weighted by Crippen LogP contribution is 2.20. The highest BCUT2D eigenvalue weighted by atomic mass is 35.5. The number of hydrogen-bond donors (Lipinski definition) is 1. The maximum atomic E-state index is 5.84. The van der Waals surface area contributed by atoms with Crippen LogP contribution in [0.25, 0.3) is 0 Å². The molecule has 1 heterocycles. The van der Waals surface area contributed by atoms with Crippen LogP contribution in [0, 0.1) is 0 Å². The Morgan fingerprint density at radius 3 is 2.69 bits per heavy atom. The lowest BCUT2D eigenvalue weighted by molar-refractivity contribution is 0.803. The van der Waals surface area contributed by atoms with E-state index in [1.807, 2.05) is 18.2 Å². The lowest BCUT2D eigenvalue weighted by Crippen LogP contribution is -2.10. The van der Waals surface area contributed by atoms with Gasteiger partial charge in [0.1, 0.15) is 0 Å². The molecule has 1 unspecified atom stereocenters. The molecule has 0 radical (unpaired) electrons. The number of nitrogens with zero attached hydrogens (tertiary/aromatic N) is 2. The Morgan fingerprint density at radius 2 is 2.06 bits per heavy atom. The van der Waals surface area contributed by atoms with Gasteiger partial charge < -0.3 is 5.32 Å². The zero-order chi connectivity index (χ0) is 11.4. The fraction of sp³-hybridized carbons (Fsp3) is 0.273. The molecule has 1 atom stereocenters. The van der Waals surface area contributed by atoms with Crippen LogP contribution in [-0.2, 0) is 0 Å². The van der Waals surface area contributed by atoms with Crippen molar-refractivity contribution in [3.05, 3.63) is 41.0 Å². The zero-order valence-corrected chi connectivity index (χ0v) is 10.4. The molecule has 84 valence electrons. The number of benzene rings is 1. The van der Waals surface area contributed by atoms with Gasteiger partial charge >= 0.3 is 0 Å². The molecule has 1 aromatic heterocycles. The van der Waals surface area contributed by atoms with Gasteiger partial charge in [-0.2, -0.15) is 8.75 Å². The molecular weight excluding hydrogens is 242 g/mol. The number of aromatic nitrogens is 2. The van der Waals surface area contributed by atoms with Crippen molar-refractivity contribution < 1.29 is 0 Å². The van der Waals surface area contributed by atoms with E-state index < -0.39 is 0 Å². The van der Waals surface area contributed by atoms with Crippen molar-refractivity contribution in [3.8, 4) is 0 Å². The predicted octanol–water partition coefficient (Wildman–Crippen LogP) is 3.41. The maximum Gasteiger partial charge on any atom is 0.186 e. The number of nitrogens with one attached hydrogen (secondary N) is 1. The Labute approximate surface area is 104 Å². The molecule has 0 fully saturated rings. The minimum Gasteiger partial charge on any atom is -0.366 e. The highest BCUT2D eigenvalue weighted by Gasteiger charge is 2.08. The molecule has 16 heavy (non-hydrogen) atoms. The standard InChI is InChI=1S/C11H12ClN3S/c1-8(9-5-3-2-4-6-9)7-13-11-10(12)14-16-15-11/h2-6,8H,7H2,1H3,(H,13,15). The van der Waals surface area contributed by atoms with Gasteiger partial charge in [-0.3, -0.25) is 0 Å². The van der Waals surface area contributed by atoms with Crippen LogP contribution in [0.4, 0.5) is 5.82 Å². The van der Waals surface area contributed by atoms with E-state index in [1.165, 1.54) is 5.56 Å². The number of rotatable bonds is 4. The number of hydrogen-bond acceptors (Lipinski definition) is 4. The molecule has 1 N–H and O–H groups in total. The SMILES string of the molecule is CC(CNc1nsnc1Cl)c1ccccc1. The van der Waals surface area contributed by atoms with Gasteiger partial charge in [0.05, 0.1) is 11.7 Å². The first-order chi connectivity index (χ1) is 7.77. The van der Waals surface area contributed by atoms with Crippen molar-refractivity contribution in [2.75, 3.05) is 11.9 Å². The van der Waals surface area contributed by atoms with Crippen LogP contribution in [0.1, 0.15) is 18.4 Å². The predicted molar refractivity (Wildman–Crippen MR) is 68.3 cm³/mol. The topological polar surface area (TPSA) is 37.8 Å². The average molecular weight is 254 g/mol. The summed E-state index contributed by atoms with van der Waals surface area (Å²) < 4.78 is 7.97. The van der Waals surface area contributed by atoms with Crippen molar-refractivity contribution in [2.24, 2.45) is 0 Å². The van der Waals surface area contributed by atoms with E-state index in [9.17, 15) is 0 Å². The van der Waals surface area contributed by atoms with Gasteiger partial charge in [0.15, 0.2) is 11.0 Å². The molecule has 0 saturated carbocycles. The van der Waals surface area contributed by atoms with Crippen molar-refractivity contribution in [3.63, 3.8) is 0 Å². The third kappa shape index (κ3) is 2.71. The van der Waals surface area contributed by atoms with E-state index in [2.05, 4.69) is 33.1 Å². The Balaban J connectivity index is 1.94. The molecule has 0 aliphatic carbocycles. The van der Waals surface area contributed by atoms with E-state index in [-0.39, 0.29) is 0 Å².